The molecule has 0 radical (unpaired) electrons. The molecule has 7 heteroatoms. The number of aromatic nitrogens is 2. The Kier molecular flexibility index (Phi) is 5.28. The van der Waals surface area contributed by atoms with E-state index in [4.69, 9.17) is 26.6 Å². The first kappa shape index (κ1) is 15.2. The van der Waals surface area contributed by atoms with Crippen LogP contribution in [0.4, 0.5) is 0 Å². The minimum absolute atomic E-state index is 0.248. The van der Waals surface area contributed by atoms with Gasteiger partial charge in [0.05, 0.1) is 18.7 Å². The predicted molar refractivity (Wildman–Crippen MR) is 81.2 cm³/mol. The topological polar surface area (TPSA) is 74.2 Å². The molecule has 5 nitrogen and oxygen atoms in total. The van der Waals surface area contributed by atoms with Gasteiger partial charge in [0.2, 0.25) is 11.7 Å². The maximum Gasteiger partial charge on any atom is 0.243 e. The van der Waals surface area contributed by atoms with Gasteiger partial charge in [-0.25, -0.2) is 0 Å². The molecule has 0 bridgehead atoms. The van der Waals surface area contributed by atoms with E-state index in [1.54, 1.807) is 37.1 Å². The second-order valence-electron chi connectivity index (χ2n) is 4.19. The van der Waals surface area contributed by atoms with Crippen LogP contribution in [-0.4, -0.2) is 29.3 Å². The average Bonchev–Trinajstić information content (AvgIpc) is 2.94. The number of methoxy groups -OCH3 is 1. The van der Waals surface area contributed by atoms with Gasteiger partial charge in [0.25, 0.3) is 0 Å². The number of hydrogen-bond acceptors (Lipinski definition) is 6. The number of halogens is 1. The molecule has 0 saturated heterocycles. The molecule has 0 fully saturated rings. The summed E-state index contributed by atoms with van der Waals surface area (Å²) in [6.45, 7) is 0. The van der Waals surface area contributed by atoms with Crippen LogP contribution in [0.5, 0.6) is 5.75 Å². The third kappa shape index (κ3) is 3.45. The summed E-state index contributed by atoms with van der Waals surface area (Å²) in [4.78, 5) is 4.34. The maximum atomic E-state index is 6.01. The molecule has 108 valence electrons. The summed E-state index contributed by atoms with van der Waals surface area (Å²) in [7, 11) is 1.57. The molecular weight excluding hydrogens is 298 g/mol. The molecule has 2 aromatic rings. The van der Waals surface area contributed by atoms with Crippen molar-refractivity contribution in [3.05, 3.63) is 29.1 Å². The van der Waals surface area contributed by atoms with Gasteiger partial charge in [-0.3, -0.25) is 0 Å². The van der Waals surface area contributed by atoms with Crippen LogP contribution in [0.1, 0.15) is 18.4 Å². The lowest BCUT2D eigenvalue weighted by atomic mass is 10.2. The quantitative estimate of drug-likeness (QED) is 0.883. The van der Waals surface area contributed by atoms with Crippen molar-refractivity contribution in [2.24, 2.45) is 5.73 Å². The molecule has 1 heterocycles. The zero-order valence-corrected chi connectivity index (χ0v) is 12.9. The van der Waals surface area contributed by atoms with E-state index in [1.807, 2.05) is 6.26 Å². The Bertz CT molecular complexity index is 576. The summed E-state index contributed by atoms with van der Waals surface area (Å²) in [5.41, 5.74) is 6.73. The molecule has 0 saturated carbocycles. The smallest absolute Gasteiger partial charge is 0.243 e. The number of hydrogen-bond donors (Lipinski definition) is 1. The first-order chi connectivity index (χ1) is 9.65. The highest BCUT2D eigenvalue weighted by Gasteiger charge is 2.17. The zero-order chi connectivity index (χ0) is 14.5. The number of nitrogens with zero attached hydrogens (tertiary/aromatic N) is 2. The van der Waals surface area contributed by atoms with E-state index >= 15 is 0 Å². The highest BCUT2D eigenvalue weighted by molar-refractivity contribution is 7.98. The Morgan fingerprint density at radius 3 is 3.00 bits per heavy atom. The molecule has 1 aromatic heterocycles. The molecule has 1 aromatic carbocycles. The van der Waals surface area contributed by atoms with Gasteiger partial charge in [0.1, 0.15) is 5.75 Å². The number of benzene rings is 1. The Labute approximate surface area is 126 Å². The van der Waals surface area contributed by atoms with Gasteiger partial charge in [0.15, 0.2) is 0 Å². The fourth-order valence-corrected chi connectivity index (χ4v) is 2.37. The molecule has 20 heavy (non-hydrogen) atoms. The van der Waals surface area contributed by atoms with Gasteiger partial charge >= 0.3 is 0 Å². The van der Waals surface area contributed by atoms with Crippen LogP contribution in [0.3, 0.4) is 0 Å². The highest BCUT2D eigenvalue weighted by atomic mass is 35.5. The molecule has 0 amide bonds. The summed E-state index contributed by atoms with van der Waals surface area (Å²) < 4.78 is 10.5. The second kappa shape index (κ2) is 6.97. The van der Waals surface area contributed by atoms with E-state index in [0.717, 1.165) is 17.7 Å². The molecule has 0 aliphatic rings. The first-order valence-electron chi connectivity index (χ1n) is 6.07. The number of ether oxygens (including phenoxy) is 1. The van der Waals surface area contributed by atoms with E-state index in [0.29, 0.717) is 22.5 Å². The van der Waals surface area contributed by atoms with Crippen molar-refractivity contribution in [2.75, 3.05) is 19.1 Å². The summed E-state index contributed by atoms with van der Waals surface area (Å²) in [5, 5.41) is 4.55. The molecular formula is C13H16ClN3O2S. The Hall–Kier alpha value is -1.24. The van der Waals surface area contributed by atoms with Gasteiger partial charge in [-0.05, 0) is 36.6 Å². The van der Waals surface area contributed by atoms with Gasteiger partial charge in [-0.1, -0.05) is 16.8 Å². The maximum absolute atomic E-state index is 6.01. The van der Waals surface area contributed by atoms with Crippen molar-refractivity contribution in [1.29, 1.82) is 0 Å². The van der Waals surface area contributed by atoms with Crippen LogP contribution in [0.15, 0.2) is 22.7 Å². The third-order valence-electron chi connectivity index (χ3n) is 2.80. The molecule has 0 aliphatic carbocycles. The number of rotatable bonds is 6. The molecule has 2 N–H and O–H groups in total. The van der Waals surface area contributed by atoms with E-state index in [1.165, 1.54) is 0 Å². The van der Waals surface area contributed by atoms with E-state index in [2.05, 4.69) is 10.1 Å². The minimum Gasteiger partial charge on any atom is -0.496 e. The van der Waals surface area contributed by atoms with Crippen molar-refractivity contribution in [3.8, 4) is 17.1 Å². The van der Waals surface area contributed by atoms with Crippen molar-refractivity contribution >= 4 is 23.4 Å². The zero-order valence-electron chi connectivity index (χ0n) is 11.3. The fourth-order valence-electron chi connectivity index (χ4n) is 1.71. The van der Waals surface area contributed by atoms with E-state index in [-0.39, 0.29) is 6.04 Å². The number of thioether (sulfide) groups is 1. The molecule has 2 rings (SSSR count). The fraction of sp³-hybridized carbons (Fsp3) is 0.385. The van der Waals surface area contributed by atoms with Crippen molar-refractivity contribution < 1.29 is 9.26 Å². The van der Waals surface area contributed by atoms with Crippen molar-refractivity contribution in [2.45, 2.75) is 12.5 Å². The molecule has 0 spiro atoms. The van der Waals surface area contributed by atoms with Crippen LogP contribution in [0, 0.1) is 0 Å². The largest absolute Gasteiger partial charge is 0.496 e. The average molecular weight is 314 g/mol. The van der Waals surface area contributed by atoms with Crippen LogP contribution < -0.4 is 10.5 Å². The van der Waals surface area contributed by atoms with Gasteiger partial charge in [-0.15, -0.1) is 0 Å². The van der Waals surface area contributed by atoms with E-state index in [9.17, 15) is 0 Å². The summed E-state index contributed by atoms with van der Waals surface area (Å²) >= 11 is 7.66. The summed E-state index contributed by atoms with van der Waals surface area (Å²) in [5.74, 6) is 2.44. The van der Waals surface area contributed by atoms with Crippen molar-refractivity contribution in [3.63, 3.8) is 0 Å². The molecule has 0 unspecified atom stereocenters. The monoisotopic (exact) mass is 313 g/mol. The Balaban J connectivity index is 2.24. The normalized spacial score (nSPS) is 12.4. The lowest BCUT2D eigenvalue weighted by Crippen LogP contribution is -2.11. The van der Waals surface area contributed by atoms with Crippen LogP contribution >= 0.6 is 23.4 Å². The predicted octanol–water partition coefficient (Wildman–Crippen LogP) is 3.15. The van der Waals surface area contributed by atoms with Crippen LogP contribution in [-0.2, 0) is 0 Å². The standard InChI is InChI=1S/C13H16ClN3O2S/c1-18-11-7-8(14)3-4-9(11)12-16-13(19-17-12)10(15)5-6-20-2/h3-4,7,10H,5-6,15H2,1-2H3/t10-/m0/s1. The molecule has 0 aliphatic heterocycles. The second-order valence-corrected chi connectivity index (χ2v) is 5.61. The van der Waals surface area contributed by atoms with Gasteiger partial charge in [-0.2, -0.15) is 16.7 Å². The SMILES string of the molecule is COc1cc(Cl)ccc1-c1noc([C@@H](N)CCSC)n1. The third-order valence-corrected chi connectivity index (χ3v) is 3.68. The Morgan fingerprint density at radius 1 is 1.50 bits per heavy atom. The molecule has 1 atom stereocenters. The summed E-state index contributed by atoms with van der Waals surface area (Å²) in [6.07, 6.45) is 2.82. The summed E-state index contributed by atoms with van der Waals surface area (Å²) in [6, 6.07) is 5.01. The van der Waals surface area contributed by atoms with Crippen LogP contribution in [0.2, 0.25) is 5.02 Å². The lowest BCUT2D eigenvalue weighted by molar-refractivity contribution is 0.352. The first-order valence-corrected chi connectivity index (χ1v) is 7.85. The minimum atomic E-state index is -0.248. The van der Waals surface area contributed by atoms with Crippen LogP contribution in [0.25, 0.3) is 11.4 Å². The van der Waals surface area contributed by atoms with E-state index < -0.39 is 0 Å². The van der Waals surface area contributed by atoms with Gasteiger partial charge in [0, 0.05) is 5.02 Å². The number of nitrogens with two attached hydrogens (primary N) is 1. The highest BCUT2D eigenvalue weighted by Crippen LogP contribution is 2.31. The lowest BCUT2D eigenvalue weighted by Gasteiger charge is -2.05. The van der Waals surface area contributed by atoms with Crippen molar-refractivity contribution in [1.82, 2.24) is 10.1 Å². The van der Waals surface area contributed by atoms with Gasteiger partial charge < -0.3 is 15.0 Å². The Morgan fingerprint density at radius 2 is 2.30 bits per heavy atom.